The van der Waals surface area contributed by atoms with Gasteiger partial charge in [0.25, 0.3) is 0 Å². The fourth-order valence-corrected chi connectivity index (χ4v) is 4.35. The Morgan fingerprint density at radius 3 is 2.46 bits per heavy atom. The second-order valence-corrected chi connectivity index (χ2v) is 10.2. The zero-order chi connectivity index (χ0) is 26.0. The van der Waals surface area contributed by atoms with Crippen molar-refractivity contribution < 1.29 is 23.1 Å². The number of hydrogen-bond acceptors (Lipinski definition) is 5. The Bertz CT molecular complexity index is 1080. The van der Waals surface area contributed by atoms with Crippen molar-refractivity contribution in [3.63, 3.8) is 0 Å². The Kier molecular flexibility index (Phi) is 7.79. The third kappa shape index (κ3) is 5.78. The van der Waals surface area contributed by atoms with E-state index in [1.807, 2.05) is 24.3 Å². The number of aryl methyl sites for hydroxylation is 1. The van der Waals surface area contributed by atoms with Crippen LogP contribution in [0.3, 0.4) is 0 Å². The maximum atomic E-state index is 13.8. The average molecular weight is 489 g/mol. The van der Waals surface area contributed by atoms with Crippen LogP contribution in [-0.4, -0.2) is 47.9 Å². The number of anilines is 1. The van der Waals surface area contributed by atoms with Crippen LogP contribution in [0.2, 0.25) is 0 Å². The number of hydrogen-bond donors (Lipinski definition) is 2. The van der Waals surface area contributed by atoms with Crippen LogP contribution >= 0.6 is 0 Å². The smallest absolute Gasteiger partial charge is 0.388 e. The number of nitrogens with one attached hydrogen (secondary N) is 1. The summed E-state index contributed by atoms with van der Waals surface area (Å²) in [6, 6.07) is 10.9. The normalized spacial score (nSPS) is 15.7. The number of pyridine rings is 1. The molecule has 0 bridgehead atoms. The summed E-state index contributed by atoms with van der Waals surface area (Å²) in [6.45, 7) is 7.76. The summed E-state index contributed by atoms with van der Waals surface area (Å²) in [4.78, 5) is 31.6. The number of carbonyl (C=O) groups excluding carboxylic acids is 2. The van der Waals surface area contributed by atoms with Crippen LogP contribution in [0, 0.1) is 12.3 Å². The highest BCUT2D eigenvalue weighted by atomic mass is 19.3. The van der Waals surface area contributed by atoms with Gasteiger partial charge in [0.1, 0.15) is 5.69 Å². The zero-order valence-corrected chi connectivity index (χ0v) is 20.9. The van der Waals surface area contributed by atoms with Gasteiger partial charge in [-0.05, 0) is 49.1 Å². The van der Waals surface area contributed by atoms with Crippen molar-refractivity contribution in [3.8, 4) is 5.88 Å². The van der Waals surface area contributed by atoms with Gasteiger partial charge < -0.3 is 20.7 Å². The average Bonchev–Trinajstić information content (AvgIpc) is 2.74. The maximum Gasteiger partial charge on any atom is 0.388 e. The van der Waals surface area contributed by atoms with Crippen LogP contribution in [0.1, 0.15) is 56.9 Å². The Morgan fingerprint density at radius 2 is 1.86 bits per heavy atom. The molecule has 2 heterocycles. The topological polar surface area (TPSA) is 97.6 Å². The number of halogens is 2. The fourth-order valence-electron chi connectivity index (χ4n) is 4.35. The van der Waals surface area contributed by atoms with Crippen molar-refractivity contribution >= 4 is 17.5 Å². The molecule has 7 nitrogen and oxygen atoms in total. The molecule has 190 valence electrons. The van der Waals surface area contributed by atoms with Gasteiger partial charge in [-0.2, -0.15) is 8.78 Å². The number of likely N-dealkylation sites (tertiary alicyclic amines) is 1. The highest BCUT2D eigenvalue weighted by Crippen LogP contribution is 2.41. The molecular formula is C26H34F2N4O3. The van der Waals surface area contributed by atoms with E-state index in [0.29, 0.717) is 31.7 Å². The number of nitrogens with two attached hydrogens (primary N) is 1. The number of alkyl halides is 2. The molecule has 0 atom stereocenters. The summed E-state index contributed by atoms with van der Waals surface area (Å²) >= 11 is 0. The lowest BCUT2D eigenvalue weighted by atomic mass is 9.69. The number of rotatable bonds is 10. The van der Waals surface area contributed by atoms with Gasteiger partial charge in [-0.1, -0.05) is 52.0 Å². The van der Waals surface area contributed by atoms with Crippen molar-refractivity contribution in [2.24, 2.45) is 11.1 Å². The summed E-state index contributed by atoms with van der Waals surface area (Å²) < 4.78 is 30.5. The summed E-state index contributed by atoms with van der Waals surface area (Å²) in [5.41, 5.74) is 6.48. The molecule has 1 aromatic carbocycles. The number of benzene rings is 1. The highest BCUT2D eigenvalue weighted by Gasteiger charge is 2.52. The van der Waals surface area contributed by atoms with Crippen molar-refractivity contribution in [1.82, 2.24) is 9.88 Å². The number of carbonyl (C=O) groups is 2. The van der Waals surface area contributed by atoms with E-state index in [4.69, 9.17) is 5.73 Å². The standard InChI is InChI=1S/C26H34F2N4O3/c1-16(2)18-8-6-7-9-19(18)26(14-32(15-26)13-12-25(4,5)22(29)33)23(34)31-20-11-10-17(3)30-21(20)35-24(27)28/h6-11,16,24H,12-15H2,1-5H3,(H2,29,33)(H,31,34). The van der Waals surface area contributed by atoms with Gasteiger partial charge in [0, 0.05) is 24.2 Å². The largest absolute Gasteiger partial charge is 0.415 e. The monoisotopic (exact) mass is 488 g/mol. The number of aromatic nitrogens is 1. The molecule has 1 aliphatic rings. The first kappa shape index (κ1) is 26.5. The Labute approximate surface area is 205 Å². The quantitative estimate of drug-likeness (QED) is 0.522. The molecule has 2 aromatic rings. The first-order valence-corrected chi connectivity index (χ1v) is 11.7. The van der Waals surface area contributed by atoms with Crippen LogP contribution in [0.15, 0.2) is 36.4 Å². The van der Waals surface area contributed by atoms with E-state index in [1.165, 1.54) is 6.07 Å². The van der Waals surface area contributed by atoms with Crippen molar-refractivity contribution in [2.45, 2.75) is 59.0 Å². The molecule has 0 unspecified atom stereocenters. The predicted molar refractivity (Wildman–Crippen MR) is 130 cm³/mol. The van der Waals surface area contributed by atoms with E-state index in [1.54, 1.807) is 26.8 Å². The first-order chi connectivity index (χ1) is 16.4. The second kappa shape index (κ2) is 10.3. The molecule has 0 aliphatic carbocycles. The Hall–Kier alpha value is -3.07. The molecule has 3 rings (SSSR count). The van der Waals surface area contributed by atoms with E-state index >= 15 is 0 Å². The summed E-state index contributed by atoms with van der Waals surface area (Å²) in [7, 11) is 0. The van der Waals surface area contributed by atoms with E-state index in [9.17, 15) is 18.4 Å². The van der Waals surface area contributed by atoms with Crippen molar-refractivity contribution in [1.29, 1.82) is 0 Å². The molecule has 2 amide bonds. The molecule has 1 aliphatic heterocycles. The number of amides is 2. The SMILES string of the molecule is Cc1ccc(NC(=O)C2(c3ccccc3C(C)C)CN(CCC(C)(C)C(N)=O)C2)c(OC(F)F)n1. The van der Waals surface area contributed by atoms with Gasteiger partial charge in [-0.15, -0.1) is 0 Å². The van der Waals surface area contributed by atoms with Crippen LogP contribution in [0.5, 0.6) is 5.88 Å². The Balaban J connectivity index is 1.91. The van der Waals surface area contributed by atoms with Gasteiger partial charge in [0.2, 0.25) is 17.7 Å². The lowest BCUT2D eigenvalue weighted by molar-refractivity contribution is -0.130. The van der Waals surface area contributed by atoms with Crippen LogP contribution in [0.4, 0.5) is 14.5 Å². The maximum absolute atomic E-state index is 13.8. The van der Waals surface area contributed by atoms with Crippen LogP contribution in [0.25, 0.3) is 0 Å². The highest BCUT2D eigenvalue weighted by molar-refractivity contribution is 6.01. The Morgan fingerprint density at radius 1 is 1.20 bits per heavy atom. The van der Waals surface area contributed by atoms with Gasteiger partial charge in [-0.25, -0.2) is 4.98 Å². The van der Waals surface area contributed by atoms with Gasteiger partial charge in [-0.3, -0.25) is 9.59 Å². The molecule has 1 saturated heterocycles. The summed E-state index contributed by atoms with van der Waals surface area (Å²) in [5, 5.41) is 2.80. The van der Waals surface area contributed by atoms with Gasteiger partial charge in [0.15, 0.2) is 0 Å². The molecular weight excluding hydrogens is 454 g/mol. The van der Waals surface area contributed by atoms with E-state index < -0.39 is 17.4 Å². The minimum atomic E-state index is -3.07. The zero-order valence-electron chi connectivity index (χ0n) is 20.9. The van der Waals surface area contributed by atoms with Gasteiger partial charge >= 0.3 is 6.61 Å². The molecule has 0 spiro atoms. The third-order valence-electron chi connectivity index (χ3n) is 6.69. The van der Waals surface area contributed by atoms with E-state index in [0.717, 1.165) is 11.1 Å². The van der Waals surface area contributed by atoms with Crippen molar-refractivity contribution in [3.05, 3.63) is 53.2 Å². The van der Waals surface area contributed by atoms with Crippen LogP contribution in [-0.2, 0) is 15.0 Å². The lowest BCUT2D eigenvalue weighted by Crippen LogP contribution is -2.65. The molecule has 0 radical (unpaired) electrons. The number of ether oxygens (including phenoxy) is 1. The minimum Gasteiger partial charge on any atom is -0.415 e. The molecule has 35 heavy (non-hydrogen) atoms. The van der Waals surface area contributed by atoms with Crippen molar-refractivity contribution in [2.75, 3.05) is 25.0 Å². The van der Waals surface area contributed by atoms with E-state index in [-0.39, 0.29) is 29.3 Å². The molecule has 1 fully saturated rings. The summed E-state index contributed by atoms with van der Waals surface area (Å²) in [6.07, 6.45) is 0.556. The fraction of sp³-hybridized carbons (Fsp3) is 0.500. The number of primary amides is 1. The first-order valence-electron chi connectivity index (χ1n) is 11.7. The molecule has 0 saturated carbocycles. The van der Waals surface area contributed by atoms with E-state index in [2.05, 4.69) is 33.8 Å². The minimum absolute atomic E-state index is 0.0932. The van der Waals surface area contributed by atoms with Gasteiger partial charge in [0.05, 0.1) is 5.41 Å². The molecule has 3 N–H and O–H groups in total. The lowest BCUT2D eigenvalue weighted by Gasteiger charge is -2.50. The number of nitrogens with zero attached hydrogens (tertiary/aromatic N) is 2. The summed E-state index contributed by atoms with van der Waals surface area (Å²) in [5.74, 6) is -0.830. The molecule has 9 heteroatoms. The third-order valence-corrected chi connectivity index (χ3v) is 6.69. The second-order valence-electron chi connectivity index (χ2n) is 10.2. The van der Waals surface area contributed by atoms with Crippen LogP contribution < -0.4 is 15.8 Å². The molecule has 1 aromatic heterocycles. The predicted octanol–water partition coefficient (Wildman–Crippen LogP) is 4.21.